The number of hydrogen-bond donors (Lipinski definition) is 2. The smallest absolute Gasteiger partial charge is 0.0876 e. The van der Waals surface area contributed by atoms with Crippen molar-refractivity contribution in [3.8, 4) is 0 Å². The molecule has 3 N–H and O–H groups in total. The Bertz CT molecular complexity index is 351. The van der Waals surface area contributed by atoms with Crippen LogP contribution in [-0.4, -0.2) is 12.6 Å². The zero-order chi connectivity index (χ0) is 12.8. The Labute approximate surface area is 115 Å². The molecule has 4 fully saturated rings. The average Bonchev–Trinajstić information content (AvgIpc) is 2.43. The van der Waals surface area contributed by atoms with Gasteiger partial charge in [0.25, 0.3) is 0 Å². The Balaban J connectivity index is 1.58. The molecule has 4 saturated carbocycles. The quantitative estimate of drug-likeness (QED) is 0.607. The number of ether oxygens (including phenoxy) is 1. The van der Waals surface area contributed by atoms with E-state index in [0.717, 1.165) is 49.0 Å². The molecule has 0 aromatic carbocycles. The highest BCUT2D eigenvalue weighted by molar-refractivity contribution is 5.15. The Morgan fingerprint density at radius 3 is 2.32 bits per heavy atom. The summed E-state index contributed by atoms with van der Waals surface area (Å²) in [6.07, 6.45) is 11.7. The van der Waals surface area contributed by atoms with Crippen molar-refractivity contribution in [1.29, 1.82) is 0 Å². The van der Waals surface area contributed by atoms with Crippen LogP contribution in [0.3, 0.4) is 0 Å². The molecular formula is C16H26N2O. The third-order valence-corrected chi connectivity index (χ3v) is 6.23. The fourth-order valence-corrected chi connectivity index (χ4v) is 5.79. The molecule has 4 bridgehead atoms. The van der Waals surface area contributed by atoms with Crippen LogP contribution in [0.1, 0.15) is 44.9 Å². The molecule has 1 aliphatic heterocycles. The van der Waals surface area contributed by atoms with Gasteiger partial charge in [0.1, 0.15) is 0 Å². The van der Waals surface area contributed by atoms with Gasteiger partial charge in [0, 0.05) is 6.04 Å². The van der Waals surface area contributed by atoms with Crippen molar-refractivity contribution in [3.05, 3.63) is 11.8 Å². The summed E-state index contributed by atoms with van der Waals surface area (Å²) in [5.41, 5.74) is 4.57. The Morgan fingerprint density at radius 1 is 1.11 bits per heavy atom. The molecule has 0 radical (unpaired) electrons. The minimum Gasteiger partial charge on any atom is -0.501 e. The van der Waals surface area contributed by atoms with Crippen molar-refractivity contribution in [2.24, 2.45) is 35.4 Å². The van der Waals surface area contributed by atoms with Crippen LogP contribution in [0.15, 0.2) is 11.8 Å². The van der Waals surface area contributed by atoms with E-state index in [9.17, 15) is 0 Å². The molecular weight excluding hydrogens is 236 g/mol. The van der Waals surface area contributed by atoms with Crippen LogP contribution in [0.5, 0.6) is 0 Å². The molecule has 106 valence electrons. The molecule has 5 rings (SSSR count). The van der Waals surface area contributed by atoms with Crippen molar-refractivity contribution in [1.82, 2.24) is 5.43 Å². The molecule has 1 heterocycles. The van der Waals surface area contributed by atoms with E-state index >= 15 is 0 Å². The van der Waals surface area contributed by atoms with E-state index in [1.54, 1.807) is 0 Å². The van der Waals surface area contributed by atoms with Crippen LogP contribution in [0.25, 0.3) is 0 Å². The predicted molar refractivity (Wildman–Crippen MR) is 74.9 cm³/mol. The normalized spacial score (nSPS) is 45.7. The number of nitrogens with one attached hydrogen (secondary N) is 1. The van der Waals surface area contributed by atoms with Crippen LogP contribution in [0.4, 0.5) is 0 Å². The van der Waals surface area contributed by atoms with Gasteiger partial charge in [-0.15, -0.1) is 0 Å². The predicted octanol–water partition coefficient (Wildman–Crippen LogP) is 2.58. The topological polar surface area (TPSA) is 47.3 Å². The molecule has 0 aromatic rings. The van der Waals surface area contributed by atoms with Crippen molar-refractivity contribution in [3.63, 3.8) is 0 Å². The summed E-state index contributed by atoms with van der Waals surface area (Å²) in [4.78, 5) is 0. The summed E-state index contributed by atoms with van der Waals surface area (Å²) in [5, 5.41) is 0. The van der Waals surface area contributed by atoms with Gasteiger partial charge >= 0.3 is 0 Å². The van der Waals surface area contributed by atoms with Gasteiger partial charge in [0.15, 0.2) is 0 Å². The summed E-state index contributed by atoms with van der Waals surface area (Å²) in [5.74, 6) is 10.6. The zero-order valence-electron chi connectivity index (χ0n) is 11.7. The second kappa shape index (κ2) is 4.78. The molecule has 1 atom stereocenters. The summed E-state index contributed by atoms with van der Waals surface area (Å²) in [6, 6.07) is 0.371. The average molecular weight is 262 g/mol. The molecule has 5 aliphatic rings. The van der Waals surface area contributed by atoms with Crippen molar-refractivity contribution >= 4 is 0 Å². The fourth-order valence-electron chi connectivity index (χ4n) is 5.79. The van der Waals surface area contributed by atoms with E-state index in [-0.39, 0.29) is 0 Å². The highest BCUT2D eigenvalue weighted by atomic mass is 16.5. The first-order chi connectivity index (χ1) is 9.35. The van der Waals surface area contributed by atoms with Gasteiger partial charge in [-0.1, -0.05) is 0 Å². The molecule has 0 saturated heterocycles. The first-order valence-corrected chi connectivity index (χ1v) is 8.12. The van der Waals surface area contributed by atoms with Gasteiger partial charge in [-0.05, 0) is 80.1 Å². The standard InChI is InChI=1S/C16H26N2O/c17-18-16(12-2-1-3-19-9-12)15-13-5-10-4-11(7-13)8-14(15)6-10/h9-11,13-16,18H,1-8,17H2. The maximum atomic E-state index is 5.94. The summed E-state index contributed by atoms with van der Waals surface area (Å²) >= 11 is 0. The monoisotopic (exact) mass is 262 g/mol. The van der Waals surface area contributed by atoms with Crippen molar-refractivity contribution in [2.45, 2.75) is 51.0 Å². The lowest BCUT2D eigenvalue weighted by molar-refractivity contribution is -0.0479. The van der Waals surface area contributed by atoms with E-state index in [2.05, 4.69) is 5.43 Å². The van der Waals surface area contributed by atoms with E-state index in [0.29, 0.717) is 6.04 Å². The minimum absolute atomic E-state index is 0.371. The van der Waals surface area contributed by atoms with Gasteiger partial charge in [0.05, 0.1) is 12.9 Å². The Hall–Kier alpha value is -0.540. The van der Waals surface area contributed by atoms with Gasteiger partial charge in [0.2, 0.25) is 0 Å². The largest absolute Gasteiger partial charge is 0.501 e. The first kappa shape index (κ1) is 12.2. The maximum Gasteiger partial charge on any atom is 0.0876 e. The summed E-state index contributed by atoms with van der Waals surface area (Å²) in [7, 11) is 0. The molecule has 3 nitrogen and oxygen atoms in total. The number of hydrazine groups is 1. The third-order valence-electron chi connectivity index (χ3n) is 6.23. The van der Waals surface area contributed by atoms with Gasteiger partial charge < -0.3 is 4.74 Å². The fraction of sp³-hybridized carbons (Fsp3) is 0.875. The van der Waals surface area contributed by atoms with Crippen molar-refractivity contribution < 1.29 is 4.74 Å². The van der Waals surface area contributed by atoms with Crippen LogP contribution < -0.4 is 11.3 Å². The second-order valence-electron chi connectivity index (χ2n) is 7.32. The number of rotatable bonds is 3. The minimum atomic E-state index is 0.371. The Kier molecular flexibility index (Phi) is 3.07. The van der Waals surface area contributed by atoms with Crippen LogP contribution in [-0.2, 0) is 4.74 Å². The second-order valence-corrected chi connectivity index (χ2v) is 7.32. The summed E-state index contributed by atoms with van der Waals surface area (Å²) < 4.78 is 5.55. The van der Waals surface area contributed by atoms with Gasteiger partial charge in [-0.2, -0.15) is 0 Å². The van der Waals surface area contributed by atoms with Crippen LogP contribution in [0.2, 0.25) is 0 Å². The van der Waals surface area contributed by atoms with Gasteiger partial charge in [-0.3, -0.25) is 11.3 Å². The van der Waals surface area contributed by atoms with Crippen LogP contribution in [0, 0.1) is 29.6 Å². The highest BCUT2D eigenvalue weighted by Gasteiger charge is 2.50. The third kappa shape index (κ3) is 2.02. The molecule has 3 heteroatoms. The van der Waals surface area contributed by atoms with E-state index in [1.165, 1.54) is 37.7 Å². The molecule has 0 aromatic heterocycles. The molecule has 0 amide bonds. The molecule has 0 spiro atoms. The molecule has 1 unspecified atom stereocenters. The lowest BCUT2D eigenvalue weighted by atomic mass is 9.50. The molecule has 4 aliphatic carbocycles. The SMILES string of the molecule is NNC(C1=COCCC1)C1C2CC3CC(C2)CC1C3. The lowest BCUT2D eigenvalue weighted by Crippen LogP contribution is -2.55. The Morgan fingerprint density at radius 2 is 1.79 bits per heavy atom. The van der Waals surface area contributed by atoms with Crippen molar-refractivity contribution in [2.75, 3.05) is 6.61 Å². The van der Waals surface area contributed by atoms with E-state index in [1.807, 2.05) is 6.26 Å². The molecule has 19 heavy (non-hydrogen) atoms. The number of nitrogens with two attached hydrogens (primary N) is 1. The van der Waals surface area contributed by atoms with Crippen LogP contribution >= 0.6 is 0 Å². The van der Waals surface area contributed by atoms with Gasteiger partial charge in [-0.25, -0.2) is 0 Å². The van der Waals surface area contributed by atoms with E-state index < -0.39 is 0 Å². The summed E-state index contributed by atoms with van der Waals surface area (Å²) in [6.45, 7) is 0.877. The lowest BCUT2D eigenvalue weighted by Gasteiger charge is -2.56. The first-order valence-electron chi connectivity index (χ1n) is 8.12. The zero-order valence-corrected chi connectivity index (χ0v) is 11.7. The van der Waals surface area contributed by atoms with E-state index in [4.69, 9.17) is 10.6 Å². The maximum absolute atomic E-state index is 5.94. The highest BCUT2D eigenvalue weighted by Crippen LogP contribution is 2.58. The number of hydrogen-bond acceptors (Lipinski definition) is 3.